The average molecular weight is 259 g/mol. The first-order valence-electron chi connectivity index (χ1n) is 6.20. The second-order valence-corrected chi connectivity index (χ2v) is 5.29. The zero-order valence-electron chi connectivity index (χ0n) is 12.1. The second kappa shape index (κ2) is 8.08. The lowest BCUT2D eigenvalue weighted by molar-refractivity contribution is -0.108. The van der Waals surface area contributed by atoms with Crippen LogP contribution in [-0.4, -0.2) is 49.7 Å². The number of amides is 1. The molecule has 1 atom stereocenters. The smallest absolute Gasteiger partial charge is 0.410 e. The van der Waals surface area contributed by atoms with E-state index in [1.807, 2.05) is 20.8 Å². The van der Waals surface area contributed by atoms with Crippen LogP contribution in [0, 0.1) is 0 Å². The van der Waals surface area contributed by atoms with Crippen LogP contribution in [0.15, 0.2) is 0 Å². The Morgan fingerprint density at radius 2 is 1.94 bits per heavy atom. The highest BCUT2D eigenvalue weighted by molar-refractivity contribution is 5.67. The molecular formula is C13H25NO4. The van der Waals surface area contributed by atoms with Crippen LogP contribution in [0.25, 0.3) is 0 Å². The number of aldehydes is 1. The number of carbonyl (C=O) groups is 2. The van der Waals surface area contributed by atoms with Gasteiger partial charge < -0.3 is 19.2 Å². The van der Waals surface area contributed by atoms with E-state index < -0.39 is 5.60 Å². The Labute approximate surface area is 109 Å². The monoisotopic (exact) mass is 259 g/mol. The Hall–Kier alpha value is -1.10. The third-order valence-corrected chi connectivity index (χ3v) is 2.43. The van der Waals surface area contributed by atoms with Crippen molar-refractivity contribution in [3.05, 3.63) is 0 Å². The molecule has 5 nitrogen and oxygen atoms in total. The maximum Gasteiger partial charge on any atom is 0.410 e. The molecular weight excluding hydrogens is 234 g/mol. The lowest BCUT2D eigenvalue weighted by atomic mass is 10.1. The minimum atomic E-state index is -0.483. The van der Waals surface area contributed by atoms with Gasteiger partial charge in [0, 0.05) is 27.1 Å². The van der Waals surface area contributed by atoms with Crippen molar-refractivity contribution in [2.24, 2.45) is 0 Å². The molecule has 0 spiro atoms. The first-order chi connectivity index (χ1) is 8.30. The van der Waals surface area contributed by atoms with E-state index in [1.165, 1.54) is 4.90 Å². The predicted octanol–water partition coefficient (Wildman–Crippen LogP) is 2.24. The summed E-state index contributed by atoms with van der Waals surface area (Å²) in [5.74, 6) is 0. The van der Waals surface area contributed by atoms with E-state index in [4.69, 9.17) is 9.47 Å². The van der Waals surface area contributed by atoms with Crippen LogP contribution >= 0.6 is 0 Å². The molecule has 0 saturated carbocycles. The van der Waals surface area contributed by atoms with Gasteiger partial charge in [0.25, 0.3) is 0 Å². The molecule has 0 bridgehead atoms. The number of hydrogen-bond acceptors (Lipinski definition) is 4. The van der Waals surface area contributed by atoms with Crippen molar-refractivity contribution in [3.63, 3.8) is 0 Å². The normalized spacial score (nSPS) is 12.9. The summed E-state index contributed by atoms with van der Waals surface area (Å²) < 4.78 is 10.5. The minimum absolute atomic E-state index is 0.0000803. The summed E-state index contributed by atoms with van der Waals surface area (Å²) in [4.78, 5) is 23.5. The molecule has 0 aromatic rings. The minimum Gasteiger partial charge on any atom is -0.444 e. The van der Waals surface area contributed by atoms with Gasteiger partial charge in [-0.25, -0.2) is 4.79 Å². The maximum atomic E-state index is 11.7. The van der Waals surface area contributed by atoms with E-state index in [0.29, 0.717) is 25.8 Å². The fraction of sp³-hybridized carbons (Fsp3) is 0.846. The molecule has 0 aliphatic carbocycles. The van der Waals surface area contributed by atoms with E-state index in [2.05, 4.69) is 0 Å². The van der Waals surface area contributed by atoms with Crippen LogP contribution in [0.1, 0.15) is 40.0 Å². The Morgan fingerprint density at radius 1 is 1.33 bits per heavy atom. The van der Waals surface area contributed by atoms with Crippen LogP contribution < -0.4 is 0 Å². The molecule has 5 heteroatoms. The average Bonchev–Trinajstić information content (AvgIpc) is 2.26. The molecule has 0 aliphatic heterocycles. The topological polar surface area (TPSA) is 55.8 Å². The molecule has 0 aliphatic rings. The summed E-state index contributed by atoms with van der Waals surface area (Å²) in [5, 5.41) is 0. The first-order valence-corrected chi connectivity index (χ1v) is 6.20. The van der Waals surface area contributed by atoms with Crippen molar-refractivity contribution in [1.29, 1.82) is 0 Å². The van der Waals surface area contributed by atoms with E-state index in [-0.39, 0.29) is 12.2 Å². The van der Waals surface area contributed by atoms with Gasteiger partial charge in [-0.05, 0) is 33.6 Å². The fourth-order valence-electron chi connectivity index (χ4n) is 1.40. The molecule has 0 saturated heterocycles. The molecule has 18 heavy (non-hydrogen) atoms. The van der Waals surface area contributed by atoms with Crippen LogP contribution in [0.3, 0.4) is 0 Å². The van der Waals surface area contributed by atoms with Crippen LogP contribution in [0.2, 0.25) is 0 Å². The van der Waals surface area contributed by atoms with Gasteiger partial charge >= 0.3 is 6.09 Å². The van der Waals surface area contributed by atoms with Gasteiger partial charge in [-0.15, -0.1) is 0 Å². The van der Waals surface area contributed by atoms with E-state index in [0.717, 1.165) is 6.29 Å². The first kappa shape index (κ1) is 16.9. The highest BCUT2D eigenvalue weighted by Gasteiger charge is 2.20. The van der Waals surface area contributed by atoms with Crippen LogP contribution in [0.5, 0.6) is 0 Å². The van der Waals surface area contributed by atoms with E-state index >= 15 is 0 Å². The van der Waals surface area contributed by atoms with Gasteiger partial charge in [-0.1, -0.05) is 0 Å². The quantitative estimate of drug-likeness (QED) is 0.658. The Balaban J connectivity index is 4.03. The van der Waals surface area contributed by atoms with Crippen LogP contribution in [-0.2, 0) is 14.3 Å². The van der Waals surface area contributed by atoms with Gasteiger partial charge in [0.05, 0.1) is 6.10 Å². The Kier molecular flexibility index (Phi) is 7.59. The molecule has 1 amide bonds. The van der Waals surface area contributed by atoms with Gasteiger partial charge in [0.2, 0.25) is 0 Å². The molecule has 0 aromatic heterocycles. The third kappa shape index (κ3) is 8.06. The summed E-state index contributed by atoms with van der Waals surface area (Å²) in [6.07, 6.45) is 2.40. The van der Waals surface area contributed by atoms with E-state index in [1.54, 1.807) is 14.2 Å². The van der Waals surface area contributed by atoms with Gasteiger partial charge in [-0.2, -0.15) is 0 Å². The predicted molar refractivity (Wildman–Crippen MR) is 69.6 cm³/mol. The maximum absolute atomic E-state index is 11.7. The molecule has 0 fully saturated rings. The van der Waals surface area contributed by atoms with Crippen molar-refractivity contribution >= 4 is 12.4 Å². The van der Waals surface area contributed by atoms with E-state index in [9.17, 15) is 9.59 Å². The number of nitrogens with zero attached hydrogens (tertiary/aromatic N) is 1. The number of hydrogen-bond donors (Lipinski definition) is 0. The van der Waals surface area contributed by atoms with Crippen molar-refractivity contribution in [3.8, 4) is 0 Å². The number of carbonyl (C=O) groups excluding carboxylic acids is 2. The molecule has 0 radical (unpaired) electrons. The summed E-state index contributed by atoms with van der Waals surface area (Å²) in [6, 6.07) is 0. The molecule has 0 aromatic carbocycles. The van der Waals surface area contributed by atoms with Crippen molar-refractivity contribution in [2.75, 3.05) is 20.7 Å². The van der Waals surface area contributed by atoms with Crippen molar-refractivity contribution < 1.29 is 19.1 Å². The highest BCUT2D eigenvalue weighted by atomic mass is 16.6. The van der Waals surface area contributed by atoms with Crippen molar-refractivity contribution in [2.45, 2.75) is 51.7 Å². The molecule has 106 valence electrons. The number of ether oxygens (including phenoxy) is 2. The Morgan fingerprint density at radius 3 is 2.39 bits per heavy atom. The van der Waals surface area contributed by atoms with Gasteiger partial charge in [0.1, 0.15) is 11.9 Å². The van der Waals surface area contributed by atoms with Crippen molar-refractivity contribution in [1.82, 2.24) is 4.90 Å². The summed E-state index contributed by atoms with van der Waals surface area (Å²) in [7, 11) is 3.31. The van der Waals surface area contributed by atoms with Gasteiger partial charge in [-0.3, -0.25) is 0 Å². The summed E-state index contributed by atoms with van der Waals surface area (Å²) >= 11 is 0. The molecule has 1 unspecified atom stereocenters. The fourth-order valence-corrected chi connectivity index (χ4v) is 1.40. The number of rotatable bonds is 7. The standard InChI is InChI=1S/C13H25NO4/c1-13(2,3)18-12(16)14(4)9-8-11(17-5)7-6-10-15/h10-11H,6-9H2,1-5H3. The SMILES string of the molecule is COC(CCC=O)CCN(C)C(=O)OC(C)(C)C. The summed E-state index contributed by atoms with van der Waals surface area (Å²) in [5.41, 5.74) is -0.483. The zero-order valence-corrected chi connectivity index (χ0v) is 12.1. The summed E-state index contributed by atoms with van der Waals surface area (Å²) in [6.45, 7) is 6.05. The lowest BCUT2D eigenvalue weighted by Crippen LogP contribution is -2.35. The molecule has 0 heterocycles. The van der Waals surface area contributed by atoms with Crippen LogP contribution in [0.4, 0.5) is 4.79 Å². The lowest BCUT2D eigenvalue weighted by Gasteiger charge is -2.25. The molecule has 0 N–H and O–H groups in total. The largest absolute Gasteiger partial charge is 0.444 e. The zero-order chi connectivity index (χ0) is 14.2. The molecule has 0 rings (SSSR count). The third-order valence-electron chi connectivity index (χ3n) is 2.43. The number of methoxy groups -OCH3 is 1. The second-order valence-electron chi connectivity index (χ2n) is 5.29. The highest BCUT2D eigenvalue weighted by Crippen LogP contribution is 2.11. The Bertz CT molecular complexity index is 260. The van der Waals surface area contributed by atoms with Gasteiger partial charge in [0.15, 0.2) is 0 Å².